The molecule has 1 saturated carbocycles. The number of sulfonamides is 1. The molecule has 1 aliphatic carbocycles. The van der Waals surface area contributed by atoms with Gasteiger partial charge in [-0.05, 0) is 56.2 Å². The Morgan fingerprint density at radius 1 is 1.17 bits per heavy atom. The number of benzene rings is 1. The molecule has 0 amide bonds. The number of H-pyrrole nitrogens is 1. The fourth-order valence-electron chi connectivity index (χ4n) is 4.40. The van der Waals surface area contributed by atoms with Crippen molar-refractivity contribution >= 4 is 32.4 Å². The summed E-state index contributed by atoms with van der Waals surface area (Å²) in [6, 6.07) is 12.3. The van der Waals surface area contributed by atoms with Crippen LogP contribution in [0.5, 0.6) is 0 Å². The van der Waals surface area contributed by atoms with E-state index >= 15 is 0 Å². The average molecular weight is 424 g/mol. The van der Waals surface area contributed by atoms with E-state index in [-0.39, 0.29) is 10.9 Å². The first-order chi connectivity index (χ1) is 14.5. The molecular formula is C22H25N5O2S. The van der Waals surface area contributed by atoms with Gasteiger partial charge in [0.2, 0.25) is 0 Å². The molecule has 3 N–H and O–H groups in total. The van der Waals surface area contributed by atoms with Gasteiger partial charge in [0.05, 0.1) is 28.5 Å². The van der Waals surface area contributed by atoms with E-state index < -0.39 is 10.0 Å². The van der Waals surface area contributed by atoms with E-state index in [4.69, 9.17) is 11.0 Å². The summed E-state index contributed by atoms with van der Waals surface area (Å²) in [5.74, 6) is 0.462. The highest BCUT2D eigenvalue weighted by Gasteiger charge is 2.36. The van der Waals surface area contributed by atoms with Gasteiger partial charge >= 0.3 is 0 Å². The van der Waals surface area contributed by atoms with E-state index in [0.717, 1.165) is 32.1 Å². The summed E-state index contributed by atoms with van der Waals surface area (Å²) in [6.45, 7) is 0. The highest BCUT2D eigenvalue weighted by molar-refractivity contribution is 7.93. The lowest BCUT2D eigenvalue weighted by Crippen LogP contribution is -2.43. The molecule has 1 aromatic carbocycles. The SMILES string of the molecule is N#CCCC1CCC(N(c2c(N)cnc3[nH]ccc23)S(=O)(=O)c2ccccc2)CC1. The maximum Gasteiger partial charge on any atom is 0.264 e. The van der Waals surface area contributed by atoms with Gasteiger partial charge in [0, 0.05) is 24.0 Å². The molecule has 30 heavy (non-hydrogen) atoms. The van der Waals surface area contributed by atoms with Gasteiger partial charge in [0.1, 0.15) is 5.65 Å². The van der Waals surface area contributed by atoms with Crippen LogP contribution in [0.25, 0.3) is 11.0 Å². The molecule has 2 heterocycles. The monoisotopic (exact) mass is 423 g/mol. The van der Waals surface area contributed by atoms with Crippen LogP contribution >= 0.6 is 0 Å². The summed E-state index contributed by atoms with van der Waals surface area (Å²) in [5, 5.41) is 9.56. The van der Waals surface area contributed by atoms with Crippen LogP contribution < -0.4 is 10.0 Å². The predicted molar refractivity (Wildman–Crippen MR) is 117 cm³/mol. The molecule has 0 radical (unpaired) electrons. The van der Waals surface area contributed by atoms with Crippen LogP contribution in [-0.4, -0.2) is 24.4 Å². The number of aromatic amines is 1. The topological polar surface area (TPSA) is 116 Å². The van der Waals surface area contributed by atoms with Crippen molar-refractivity contribution in [2.24, 2.45) is 5.92 Å². The number of nitrogens with zero attached hydrogens (tertiary/aromatic N) is 3. The number of nitrogen functional groups attached to an aromatic ring is 1. The van der Waals surface area contributed by atoms with Crippen LogP contribution in [0.2, 0.25) is 0 Å². The molecule has 7 nitrogen and oxygen atoms in total. The lowest BCUT2D eigenvalue weighted by molar-refractivity contribution is 0.314. The molecular weight excluding hydrogens is 398 g/mol. The summed E-state index contributed by atoms with van der Waals surface area (Å²) in [4.78, 5) is 7.59. The van der Waals surface area contributed by atoms with Crippen molar-refractivity contribution in [2.45, 2.75) is 49.5 Å². The predicted octanol–water partition coefficient (Wildman–Crippen LogP) is 4.20. The van der Waals surface area contributed by atoms with Gasteiger partial charge in [-0.2, -0.15) is 5.26 Å². The van der Waals surface area contributed by atoms with Crippen molar-refractivity contribution < 1.29 is 8.42 Å². The molecule has 156 valence electrons. The minimum absolute atomic E-state index is 0.198. The largest absolute Gasteiger partial charge is 0.396 e. The third-order valence-electron chi connectivity index (χ3n) is 5.92. The molecule has 1 fully saturated rings. The molecule has 0 bridgehead atoms. The first kappa shape index (κ1) is 20.2. The Hall–Kier alpha value is -3.05. The molecule has 2 aromatic heterocycles. The third-order valence-corrected chi connectivity index (χ3v) is 7.79. The second-order valence-corrected chi connectivity index (χ2v) is 9.60. The van der Waals surface area contributed by atoms with Crippen LogP contribution in [0.1, 0.15) is 38.5 Å². The average Bonchev–Trinajstić information content (AvgIpc) is 3.24. The molecule has 0 aliphatic heterocycles. The van der Waals surface area contributed by atoms with Crippen LogP contribution in [-0.2, 0) is 10.0 Å². The smallest absolute Gasteiger partial charge is 0.264 e. The summed E-state index contributed by atoms with van der Waals surface area (Å²) in [5.41, 5.74) is 7.74. The van der Waals surface area contributed by atoms with Crippen molar-refractivity contribution in [2.75, 3.05) is 10.0 Å². The van der Waals surface area contributed by atoms with Gasteiger partial charge in [-0.3, -0.25) is 4.31 Å². The fraction of sp³-hybridized carbons (Fsp3) is 0.364. The van der Waals surface area contributed by atoms with Gasteiger partial charge in [-0.1, -0.05) is 18.2 Å². The van der Waals surface area contributed by atoms with E-state index in [9.17, 15) is 8.42 Å². The molecule has 4 rings (SSSR count). The quantitative estimate of drug-likeness (QED) is 0.616. The van der Waals surface area contributed by atoms with E-state index in [1.165, 1.54) is 10.5 Å². The van der Waals surface area contributed by atoms with E-state index in [1.807, 2.05) is 6.07 Å². The molecule has 0 atom stereocenters. The molecule has 0 spiro atoms. The highest BCUT2D eigenvalue weighted by atomic mass is 32.2. The van der Waals surface area contributed by atoms with Gasteiger partial charge in [0.25, 0.3) is 10.0 Å². The Kier molecular flexibility index (Phi) is 5.64. The van der Waals surface area contributed by atoms with Crippen molar-refractivity contribution in [1.29, 1.82) is 5.26 Å². The van der Waals surface area contributed by atoms with Crippen molar-refractivity contribution in [3.05, 3.63) is 48.8 Å². The third kappa shape index (κ3) is 3.73. The highest BCUT2D eigenvalue weighted by Crippen LogP contribution is 2.41. The molecule has 0 unspecified atom stereocenters. The molecule has 1 aliphatic rings. The number of anilines is 2. The number of nitriles is 1. The number of hydrogen-bond donors (Lipinski definition) is 2. The number of nitrogens with one attached hydrogen (secondary N) is 1. The Morgan fingerprint density at radius 3 is 2.60 bits per heavy atom. The minimum atomic E-state index is -3.82. The first-order valence-electron chi connectivity index (χ1n) is 10.2. The summed E-state index contributed by atoms with van der Waals surface area (Å²) in [7, 11) is -3.82. The Morgan fingerprint density at radius 2 is 1.90 bits per heavy atom. The number of hydrogen-bond acceptors (Lipinski definition) is 5. The first-order valence-corrected chi connectivity index (χ1v) is 11.6. The van der Waals surface area contributed by atoms with Crippen LogP contribution in [0, 0.1) is 17.2 Å². The molecule has 3 aromatic rings. The number of pyridine rings is 1. The normalized spacial score (nSPS) is 19.4. The van der Waals surface area contributed by atoms with Crippen molar-refractivity contribution in [3.8, 4) is 6.07 Å². The van der Waals surface area contributed by atoms with Gasteiger partial charge in [0.15, 0.2) is 0 Å². The fourth-order valence-corrected chi connectivity index (χ4v) is 6.17. The van der Waals surface area contributed by atoms with Crippen molar-refractivity contribution in [3.63, 3.8) is 0 Å². The lowest BCUT2D eigenvalue weighted by atomic mass is 9.83. The van der Waals surface area contributed by atoms with Gasteiger partial charge < -0.3 is 10.7 Å². The van der Waals surface area contributed by atoms with Gasteiger partial charge in [-0.15, -0.1) is 0 Å². The molecule has 8 heteroatoms. The standard InChI is InChI=1S/C22H25N5O2S/c23-13-4-5-16-8-10-17(11-9-16)27(30(28,29)18-6-2-1-3-7-18)21-19-12-14-25-22(19)26-15-20(21)24/h1-3,6-7,12,14-17H,4-5,8-11,24H2,(H,25,26). The summed E-state index contributed by atoms with van der Waals surface area (Å²) < 4.78 is 29.1. The zero-order valence-corrected chi connectivity index (χ0v) is 17.5. The maximum atomic E-state index is 13.8. The number of fused-ring (bicyclic) bond motifs is 1. The zero-order chi connectivity index (χ0) is 21.1. The zero-order valence-electron chi connectivity index (χ0n) is 16.7. The van der Waals surface area contributed by atoms with Crippen LogP contribution in [0.15, 0.2) is 53.7 Å². The lowest BCUT2D eigenvalue weighted by Gasteiger charge is -2.38. The Bertz CT molecular complexity index is 1160. The van der Waals surface area contributed by atoms with Crippen LogP contribution in [0.3, 0.4) is 0 Å². The van der Waals surface area contributed by atoms with Crippen molar-refractivity contribution in [1.82, 2.24) is 9.97 Å². The number of rotatable bonds is 6. The maximum absolute atomic E-state index is 13.8. The van der Waals surface area contributed by atoms with E-state index in [0.29, 0.717) is 34.7 Å². The van der Waals surface area contributed by atoms with E-state index in [1.54, 1.807) is 36.5 Å². The van der Waals surface area contributed by atoms with Gasteiger partial charge in [-0.25, -0.2) is 13.4 Å². The molecule has 0 saturated heterocycles. The second-order valence-electron chi connectivity index (χ2n) is 7.79. The van der Waals surface area contributed by atoms with Crippen LogP contribution in [0.4, 0.5) is 11.4 Å². The number of nitrogens with two attached hydrogens (primary N) is 1. The minimum Gasteiger partial charge on any atom is -0.396 e. The van der Waals surface area contributed by atoms with E-state index in [2.05, 4.69) is 16.0 Å². The summed E-state index contributed by atoms with van der Waals surface area (Å²) >= 11 is 0. The number of aromatic nitrogens is 2. The Labute approximate surface area is 176 Å². The summed E-state index contributed by atoms with van der Waals surface area (Å²) in [6.07, 6.45) is 7.93. The second kappa shape index (κ2) is 8.36. The Balaban J connectivity index is 1.78.